The number of H-pyrrole nitrogens is 1. The van der Waals surface area contributed by atoms with E-state index in [1.807, 2.05) is 12.1 Å². The zero-order valence-electron chi connectivity index (χ0n) is 20.0. The number of nitrogens with one attached hydrogen (secondary N) is 1. The Morgan fingerprint density at radius 3 is 2.61 bits per heavy atom. The Kier molecular flexibility index (Phi) is 5.74. The molecule has 0 aliphatic carbocycles. The largest absolute Gasteiger partial charge is 0.494 e. The maximum atomic E-state index is 13.8. The predicted octanol–water partition coefficient (Wildman–Crippen LogP) is 4.71. The average Bonchev–Trinajstić information content (AvgIpc) is 3.44. The lowest BCUT2D eigenvalue weighted by atomic mass is 9.99. The molecule has 5 rings (SSSR count). The molecule has 0 fully saturated rings. The number of carbonyl (C=O) groups excluding carboxylic acids is 1. The fraction of sp³-hybridized carbons (Fsp3) is 0.185. The second-order valence-electron chi connectivity index (χ2n) is 9.27. The van der Waals surface area contributed by atoms with E-state index in [1.165, 1.54) is 17.0 Å². The van der Waals surface area contributed by atoms with Crippen LogP contribution >= 0.6 is 0 Å². The molecule has 184 valence electrons. The normalized spacial score (nSPS) is 13.5. The van der Waals surface area contributed by atoms with Gasteiger partial charge in [0.15, 0.2) is 11.6 Å². The summed E-state index contributed by atoms with van der Waals surface area (Å²) in [6, 6.07) is 16.8. The molecule has 4 N–H and O–H groups in total. The van der Waals surface area contributed by atoms with Gasteiger partial charge >= 0.3 is 0 Å². The first-order valence-corrected chi connectivity index (χ1v) is 11.3. The lowest BCUT2D eigenvalue weighted by molar-refractivity contribution is -0.194. The standard InChI is InChI=1S/C27H25FN4O4/c1-27(2,29)26(34)32(3)19-9-7-18(8-10-19)30-24(15-4-5-16-14-35-36-22(16)12-15)23-20-11-6-17(28)13-21(20)31-25(23)33/h4-13,31,33H,14,29H2,1-3H3. The van der Waals surface area contributed by atoms with Crippen LogP contribution < -0.4 is 15.5 Å². The number of carbonyl (C=O) groups is 1. The summed E-state index contributed by atoms with van der Waals surface area (Å²) in [5.74, 6) is -0.230. The number of benzene rings is 3. The Labute approximate surface area is 206 Å². The van der Waals surface area contributed by atoms with Crippen LogP contribution in [-0.4, -0.2) is 34.3 Å². The Bertz CT molecular complexity index is 1500. The van der Waals surface area contributed by atoms with Gasteiger partial charge in [-0.1, -0.05) is 12.1 Å². The first-order chi connectivity index (χ1) is 17.1. The summed E-state index contributed by atoms with van der Waals surface area (Å²) in [4.78, 5) is 32.0. The van der Waals surface area contributed by atoms with Crippen molar-refractivity contribution in [2.24, 2.45) is 10.7 Å². The molecule has 0 bridgehead atoms. The van der Waals surface area contributed by atoms with Crippen LogP contribution in [0.15, 0.2) is 65.7 Å². The smallest absolute Gasteiger partial charge is 0.246 e. The van der Waals surface area contributed by atoms with Gasteiger partial charge < -0.3 is 25.6 Å². The first-order valence-electron chi connectivity index (χ1n) is 11.3. The van der Waals surface area contributed by atoms with Crippen molar-refractivity contribution in [1.82, 2.24) is 4.98 Å². The molecule has 0 radical (unpaired) electrons. The molecule has 4 aromatic rings. The number of hydrogen-bond acceptors (Lipinski definition) is 6. The van der Waals surface area contributed by atoms with Crippen molar-refractivity contribution in [3.05, 3.63) is 83.2 Å². The molecule has 1 aromatic heterocycles. The van der Waals surface area contributed by atoms with E-state index in [9.17, 15) is 14.3 Å². The zero-order valence-corrected chi connectivity index (χ0v) is 20.0. The Morgan fingerprint density at radius 2 is 1.89 bits per heavy atom. The third-order valence-corrected chi connectivity index (χ3v) is 6.02. The molecular weight excluding hydrogens is 463 g/mol. The highest BCUT2D eigenvalue weighted by Crippen LogP contribution is 2.35. The minimum Gasteiger partial charge on any atom is -0.494 e. The van der Waals surface area contributed by atoms with Crippen molar-refractivity contribution in [3.63, 3.8) is 0 Å². The Morgan fingerprint density at radius 1 is 1.14 bits per heavy atom. The van der Waals surface area contributed by atoms with Gasteiger partial charge in [-0.15, -0.1) is 0 Å². The second-order valence-corrected chi connectivity index (χ2v) is 9.27. The van der Waals surface area contributed by atoms with Crippen molar-refractivity contribution >= 4 is 33.9 Å². The maximum absolute atomic E-state index is 13.8. The molecule has 0 spiro atoms. The number of amides is 1. The molecular formula is C27H25FN4O4. The molecule has 0 saturated heterocycles. The summed E-state index contributed by atoms with van der Waals surface area (Å²) in [6.07, 6.45) is 0. The lowest BCUT2D eigenvalue weighted by Crippen LogP contribution is -2.49. The van der Waals surface area contributed by atoms with Gasteiger partial charge in [0.25, 0.3) is 0 Å². The molecule has 1 aliphatic rings. The van der Waals surface area contributed by atoms with E-state index in [0.717, 1.165) is 5.56 Å². The molecule has 0 saturated carbocycles. The van der Waals surface area contributed by atoms with Crippen molar-refractivity contribution < 1.29 is 24.1 Å². The van der Waals surface area contributed by atoms with Crippen LogP contribution in [-0.2, 0) is 16.3 Å². The molecule has 36 heavy (non-hydrogen) atoms. The van der Waals surface area contributed by atoms with E-state index in [2.05, 4.69) is 4.98 Å². The number of nitrogens with two attached hydrogens (primary N) is 1. The van der Waals surface area contributed by atoms with Crippen LogP contribution in [0.1, 0.15) is 30.5 Å². The topological polar surface area (TPSA) is 113 Å². The van der Waals surface area contributed by atoms with E-state index in [4.69, 9.17) is 20.5 Å². The fourth-order valence-electron chi connectivity index (χ4n) is 4.14. The van der Waals surface area contributed by atoms with Crippen molar-refractivity contribution in [2.45, 2.75) is 26.0 Å². The maximum Gasteiger partial charge on any atom is 0.246 e. The number of aliphatic imine (C=N–C) groups is 1. The number of hydrogen-bond donors (Lipinski definition) is 3. The quantitative estimate of drug-likeness (QED) is 0.278. The number of aromatic amines is 1. The SMILES string of the molecule is CN(C(=O)C(C)(C)N)c1ccc(N=C(c2ccc3c(c2)OOC3)c2c(O)[nH]c3cc(F)ccc23)cc1. The minimum atomic E-state index is -1.01. The van der Waals surface area contributed by atoms with Gasteiger partial charge in [-0.25, -0.2) is 9.38 Å². The number of aromatic nitrogens is 1. The van der Waals surface area contributed by atoms with Crippen molar-refractivity contribution in [3.8, 4) is 11.6 Å². The number of halogens is 1. The van der Waals surface area contributed by atoms with Crippen molar-refractivity contribution in [1.29, 1.82) is 0 Å². The molecule has 1 aliphatic heterocycles. The molecule has 1 amide bonds. The van der Waals surface area contributed by atoms with Gasteiger partial charge in [0.2, 0.25) is 5.91 Å². The number of nitrogens with zero attached hydrogens (tertiary/aromatic N) is 2. The van der Waals surface area contributed by atoms with E-state index >= 15 is 0 Å². The monoisotopic (exact) mass is 488 g/mol. The highest BCUT2D eigenvalue weighted by Gasteiger charge is 2.26. The van der Waals surface area contributed by atoms with Gasteiger partial charge in [0, 0.05) is 29.2 Å². The Balaban J connectivity index is 1.62. The van der Waals surface area contributed by atoms with E-state index in [1.54, 1.807) is 57.3 Å². The summed E-state index contributed by atoms with van der Waals surface area (Å²) < 4.78 is 13.8. The van der Waals surface area contributed by atoms with Crippen LogP contribution in [0.3, 0.4) is 0 Å². The van der Waals surface area contributed by atoms with Crippen molar-refractivity contribution in [2.75, 3.05) is 11.9 Å². The fourth-order valence-corrected chi connectivity index (χ4v) is 4.14. The summed E-state index contributed by atoms with van der Waals surface area (Å²) in [5, 5.41) is 11.4. The van der Waals surface area contributed by atoms with Crippen LogP contribution in [0.5, 0.6) is 11.6 Å². The van der Waals surface area contributed by atoms with Gasteiger partial charge in [-0.2, -0.15) is 4.89 Å². The van der Waals surface area contributed by atoms with E-state index in [-0.39, 0.29) is 11.8 Å². The van der Waals surface area contributed by atoms with Crippen LogP contribution in [0, 0.1) is 5.82 Å². The first kappa shape index (κ1) is 23.5. The number of anilines is 1. The summed E-state index contributed by atoms with van der Waals surface area (Å²) in [7, 11) is 1.66. The third kappa shape index (κ3) is 4.30. The van der Waals surface area contributed by atoms with E-state index < -0.39 is 11.4 Å². The molecule has 3 aromatic carbocycles. The summed E-state index contributed by atoms with van der Waals surface area (Å²) in [5.41, 5.74) is 9.06. The third-order valence-electron chi connectivity index (χ3n) is 6.02. The molecule has 2 heterocycles. The van der Waals surface area contributed by atoms with Crippen LogP contribution in [0.4, 0.5) is 15.8 Å². The molecule has 8 nitrogen and oxygen atoms in total. The highest BCUT2D eigenvalue weighted by atomic mass is 19.1. The number of likely N-dealkylation sites (N-methyl/N-ethyl adjacent to an activating group) is 1. The lowest BCUT2D eigenvalue weighted by Gasteiger charge is -2.25. The summed E-state index contributed by atoms with van der Waals surface area (Å²) >= 11 is 0. The Hall–Kier alpha value is -4.21. The number of fused-ring (bicyclic) bond motifs is 2. The van der Waals surface area contributed by atoms with Crippen LogP contribution in [0.2, 0.25) is 0 Å². The molecule has 0 unspecified atom stereocenters. The summed E-state index contributed by atoms with van der Waals surface area (Å²) in [6.45, 7) is 3.65. The minimum absolute atomic E-state index is 0.140. The number of rotatable bonds is 5. The van der Waals surface area contributed by atoms with Gasteiger partial charge in [0.1, 0.15) is 12.4 Å². The highest BCUT2D eigenvalue weighted by molar-refractivity contribution is 6.22. The van der Waals surface area contributed by atoms with Crippen LogP contribution in [0.25, 0.3) is 10.9 Å². The molecule has 0 atom stereocenters. The zero-order chi connectivity index (χ0) is 25.6. The van der Waals surface area contributed by atoms with Gasteiger partial charge in [-0.05, 0) is 62.4 Å². The number of aromatic hydroxyl groups is 1. The average molecular weight is 489 g/mol. The predicted molar refractivity (Wildman–Crippen MR) is 135 cm³/mol. The second kappa shape index (κ2) is 8.78. The van der Waals surface area contributed by atoms with E-state index in [0.29, 0.717) is 51.5 Å². The van der Waals surface area contributed by atoms with Gasteiger partial charge in [0.05, 0.1) is 28.0 Å². The molecule has 9 heteroatoms. The van der Waals surface area contributed by atoms with Gasteiger partial charge in [-0.3, -0.25) is 4.79 Å².